The lowest BCUT2D eigenvalue weighted by Crippen LogP contribution is -2.37. The Balaban J connectivity index is 1.39. The number of ether oxygens (including phenoxy) is 1. The quantitative estimate of drug-likeness (QED) is 0.625. The molecule has 1 saturated heterocycles. The van der Waals surface area contributed by atoms with Crippen molar-refractivity contribution in [3.8, 4) is 0 Å². The van der Waals surface area contributed by atoms with E-state index in [9.17, 15) is 14.3 Å². The highest BCUT2D eigenvalue weighted by molar-refractivity contribution is 6.33. The molecule has 2 unspecified atom stereocenters. The van der Waals surface area contributed by atoms with Gasteiger partial charge in [-0.25, -0.2) is 9.37 Å². The van der Waals surface area contributed by atoms with Crippen molar-refractivity contribution in [2.75, 3.05) is 18.1 Å². The molecule has 0 radical (unpaired) electrons. The highest BCUT2D eigenvalue weighted by atomic mass is 35.5. The minimum atomic E-state index is -1.12. The van der Waals surface area contributed by atoms with Crippen LogP contribution in [0.3, 0.4) is 0 Å². The second kappa shape index (κ2) is 8.89. The van der Waals surface area contributed by atoms with Crippen LogP contribution in [-0.2, 0) is 17.8 Å². The van der Waals surface area contributed by atoms with Crippen LogP contribution in [-0.4, -0.2) is 37.6 Å². The zero-order valence-corrected chi connectivity index (χ0v) is 19.0. The molecule has 174 valence electrons. The lowest BCUT2D eigenvalue weighted by atomic mass is 10.0. The van der Waals surface area contributed by atoms with Gasteiger partial charge in [0, 0.05) is 25.3 Å². The fourth-order valence-electron chi connectivity index (χ4n) is 4.52. The molecule has 0 amide bonds. The Morgan fingerprint density at radius 2 is 2.12 bits per heavy atom. The molecule has 3 aromatic rings. The van der Waals surface area contributed by atoms with Gasteiger partial charge in [-0.1, -0.05) is 29.3 Å². The number of nitrogens with zero attached hydrogens (tertiary/aromatic N) is 5. The van der Waals surface area contributed by atoms with Crippen molar-refractivity contribution in [2.24, 2.45) is 0 Å². The highest BCUT2D eigenvalue weighted by Gasteiger charge is 2.28. The molecule has 2 aromatic heterocycles. The molecule has 1 aromatic carbocycles. The first kappa shape index (κ1) is 22.1. The molecule has 0 aliphatic carbocycles. The van der Waals surface area contributed by atoms with Crippen molar-refractivity contribution in [3.05, 3.63) is 74.4 Å². The van der Waals surface area contributed by atoms with Gasteiger partial charge in [-0.3, -0.25) is 4.79 Å². The number of anilines is 1. The Morgan fingerprint density at radius 3 is 2.91 bits per heavy atom. The van der Waals surface area contributed by atoms with E-state index in [4.69, 9.17) is 16.3 Å². The molecule has 2 atom stereocenters. The third-order valence-corrected chi connectivity index (χ3v) is 6.67. The number of rotatable bonds is 4. The maximum absolute atomic E-state index is 14.3. The van der Waals surface area contributed by atoms with Crippen LogP contribution in [0.25, 0.3) is 0 Å². The summed E-state index contributed by atoms with van der Waals surface area (Å²) in [6.45, 7) is 3.87. The number of aliphatic hydroxyl groups excluding tert-OH is 1. The average Bonchev–Trinajstić information content (AvgIpc) is 3.26. The van der Waals surface area contributed by atoms with Gasteiger partial charge in [-0.15, -0.1) is 0 Å². The normalized spacial score (nSPS) is 19.4. The molecule has 1 N–H and O–H groups in total. The Kier molecular flexibility index (Phi) is 5.94. The maximum atomic E-state index is 14.3. The molecule has 4 heterocycles. The Hall–Kier alpha value is -2.75. The van der Waals surface area contributed by atoms with E-state index in [1.165, 1.54) is 10.7 Å². The lowest BCUT2D eigenvalue weighted by Gasteiger charge is -2.31. The van der Waals surface area contributed by atoms with E-state index < -0.39 is 11.9 Å². The van der Waals surface area contributed by atoms with E-state index in [1.807, 2.05) is 16.4 Å². The Labute approximate surface area is 195 Å². The van der Waals surface area contributed by atoms with Gasteiger partial charge in [0.05, 0.1) is 30.3 Å². The van der Waals surface area contributed by atoms with Crippen molar-refractivity contribution in [1.82, 2.24) is 19.3 Å². The SMILES string of the molecule is Cc1ccc(F)c(C(O)c2cnc3n2CCN(c2cnn(C4CCCCO4)c(=O)c2Cl)C3)c1. The maximum Gasteiger partial charge on any atom is 0.290 e. The van der Waals surface area contributed by atoms with E-state index in [-0.39, 0.29) is 22.4 Å². The van der Waals surface area contributed by atoms with Gasteiger partial charge >= 0.3 is 0 Å². The number of hydrogen-bond donors (Lipinski definition) is 1. The van der Waals surface area contributed by atoms with E-state index in [0.717, 1.165) is 24.8 Å². The first-order valence-corrected chi connectivity index (χ1v) is 11.4. The second-order valence-electron chi connectivity index (χ2n) is 8.51. The molecule has 2 aliphatic rings. The largest absolute Gasteiger partial charge is 0.382 e. The molecule has 10 heteroatoms. The summed E-state index contributed by atoms with van der Waals surface area (Å²) >= 11 is 6.47. The third-order valence-electron chi connectivity index (χ3n) is 6.32. The number of benzene rings is 1. The van der Waals surface area contributed by atoms with Crippen LogP contribution in [0, 0.1) is 12.7 Å². The van der Waals surface area contributed by atoms with Crippen LogP contribution in [0.1, 0.15) is 54.2 Å². The molecule has 0 saturated carbocycles. The zero-order valence-electron chi connectivity index (χ0n) is 18.2. The van der Waals surface area contributed by atoms with E-state index >= 15 is 0 Å². The van der Waals surface area contributed by atoms with Gasteiger partial charge in [0.15, 0.2) is 6.23 Å². The minimum Gasteiger partial charge on any atom is -0.382 e. The fourth-order valence-corrected chi connectivity index (χ4v) is 4.77. The molecule has 1 fully saturated rings. The van der Waals surface area contributed by atoms with Gasteiger partial charge in [0.25, 0.3) is 5.56 Å². The van der Waals surface area contributed by atoms with Gasteiger partial charge < -0.3 is 19.3 Å². The summed E-state index contributed by atoms with van der Waals surface area (Å²) in [5.41, 5.74) is 1.78. The van der Waals surface area contributed by atoms with Crippen LogP contribution in [0.15, 0.2) is 35.4 Å². The number of halogens is 2. The monoisotopic (exact) mass is 473 g/mol. The number of aliphatic hydroxyl groups is 1. The van der Waals surface area contributed by atoms with Crippen LogP contribution in [0.4, 0.5) is 10.1 Å². The average molecular weight is 474 g/mol. The van der Waals surface area contributed by atoms with E-state index in [1.54, 1.807) is 24.5 Å². The summed E-state index contributed by atoms with van der Waals surface area (Å²) in [4.78, 5) is 19.2. The van der Waals surface area contributed by atoms with Crippen molar-refractivity contribution in [2.45, 2.75) is 51.6 Å². The zero-order chi connectivity index (χ0) is 23.1. The summed E-state index contributed by atoms with van der Waals surface area (Å²) in [5, 5.41) is 15.3. The van der Waals surface area contributed by atoms with Gasteiger partial charge in [0.2, 0.25) is 0 Å². The number of aromatic nitrogens is 4. The topological polar surface area (TPSA) is 85.4 Å². The molecule has 8 nitrogen and oxygen atoms in total. The highest BCUT2D eigenvalue weighted by Crippen LogP contribution is 2.31. The minimum absolute atomic E-state index is 0.0984. The number of aryl methyl sites for hydroxylation is 1. The Bertz CT molecular complexity index is 1240. The fraction of sp³-hybridized carbons (Fsp3) is 0.435. The number of imidazole rings is 1. The molecular formula is C23H25ClFN5O3. The van der Waals surface area contributed by atoms with Crippen LogP contribution >= 0.6 is 11.6 Å². The standard InChI is InChI=1S/C23H25ClFN5O3/c1-14-5-6-16(25)15(10-14)22(31)18-11-26-19-13-28(7-8-29(18)19)17-12-27-30(23(32)21(17)24)20-4-2-3-9-33-20/h5-6,10-12,20,22,31H,2-4,7-9,13H2,1H3. The first-order valence-electron chi connectivity index (χ1n) is 11.1. The van der Waals surface area contributed by atoms with Crippen LogP contribution in [0.2, 0.25) is 5.02 Å². The molecule has 5 rings (SSSR count). The first-order chi connectivity index (χ1) is 15.9. The lowest BCUT2D eigenvalue weighted by molar-refractivity contribution is -0.0424. The smallest absolute Gasteiger partial charge is 0.290 e. The predicted molar refractivity (Wildman–Crippen MR) is 121 cm³/mol. The second-order valence-corrected chi connectivity index (χ2v) is 8.89. The summed E-state index contributed by atoms with van der Waals surface area (Å²) in [5.74, 6) is 0.237. The summed E-state index contributed by atoms with van der Waals surface area (Å²) in [7, 11) is 0. The van der Waals surface area contributed by atoms with E-state index in [0.29, 0.717) is 43.4 Å². The van der Waals surface area contributed by atoms with Crippen molar-refractivity contribution in [1.29, 1.82) is 0 Å². The number of fused-ring (bicyclic) bond motifs is 1. The predicted octanol–water partition coefficient (Wildman–Crippen LogP) is 3.34. The van der Waals surface area contributed by atoms with Gasteiger partial charge in [0.1, 0.15) is 22.8 Å². The Morgan fingerprint density at radius 1 is 1.27 bits per heavy atom. The summed E-state index contributed by atoms with van der Waals surface area (Å²) in [6.07, 6.45) is 4.35. The van der Waals surface area contributed by atoms with Crippen LogP contribution in [0.5, 0.6) is 0 Å². The van der Waals surface area contributed by atoms with E-state index in [2.05, 4.69) is 10.1 Å². The summed E-state index contributed by atoms with van der Waals surface area (Å²) in [6, 6.07) is 4.67. The molecule has 0 bridgehead atoms. The van der Waals surface area contributed by atoms with Gasteiger partial charge in [-0.05, 0) is 32.3 Å². The van der Waals surface area contributed by atoms with Gasteiger partial charge in [-0.2, -0.15) is 9.78 Å². The molecule has 0 spiro atoms. The van der Waals surface area contributed by atoms with Crippen molar-refractivity contribution >= 4 is 17.3 Å². The third kappa shape index (κ3) is 4.05. The molecule has 2 aliphatic heterocycles. The van der Waals surface area contributed by atoms with Crippen LogP contribution < -0.4 is 10.5 Å². The van der Waals surface area contributed by atoms with Crippen molar-refractivity contribution < 1.29 is 14.2 Å². The van der Waals surface area contributed by atoms with Crippen molar-refractivity contribution in [3.63, 3.8) is 0 Å². The molecular weight excluding hydrogens is 449 g/mol. The summed E-state index contributed by atoms with van der Waals surface area (Å²) < 4.78 is 23.2. The number of hydrogen-bond acceptors (Lipinski definition) is 6. The molecule has 33 heavy (non-hydrogen) atoms.